The Bertz CT molecular complexity index is 857. The number of hydrogen-bond acceptors (Lipinski definition) is 6. The zero-order valence-corrected chi connectivity index (χ0v) is 19.0. The van der Waals surface area contributed by atoms with E-state index in [-0.39, 0.29) is 15.2 Å². The Labute approximate surface area is 170 Å². The molecule has 2 N–H and O–H groups in total. The number of aromatic amines is 1. The molecular formula is C15H24IN5O5Si. The number of aliphatic hydroxyl groups excluding tert-OH is 1. The van der Waals surface area contributed by atoms with E-state index in [0.29, 0.717) is 0 Å². The zero-order valence-electron chi connectivity index (χ0n) is 15.8. The van der Waals surface area contributed by atoms with Gasteiger partial charge >= 0.3 is 5.69 Å². The minimum absolute atomic E-state index is 0.0242. The second kappa shape index (κ2) is 8.05. The minimum Gasteiger partial charge on any atom is -0.414 e. The van der Waals surface area contributed by atoms with Gasteiger partial charge in [0.05, 0.1) is 22.3 Å². The van der Waals surface area contributed by atoms with Gasteiger partial charge in [-0.25, -0.2) is 4.79 Å². The van der Waals surface area contributed by atoms with Gasteiger partial charge in [0.1, 0.15) is 6.10 Å². The van der Waals surface area contributed by atoms with Gasteiger partial charge in [0, 0.05) is 11.1 Å². The predicted octanol–water partition coefficient (Wildman–Crippen LogP) is 2.10. The highest BCUT2D eigenvalue weighted by Crippen LogP contribution is 2.38. The maximum atomic E-state index is 12.1. The van der Waals surface area contributed by atoms with Crippen molar-refractivity contribution in [1.82, 2.24) is 9.55 Å². The first kappa shape index (κ1) is 22.1. The summed E-state index contributed by atoms with van der Waals surface area (Å²) < 4.78 is 13.3. The summed E-state index contributed by atoms with van der Waals surface area (Å²) in [5, 5.41) is 14.2. The smallest absolute Gasteiger partial charge is 0.330 e. The number of hydrogen-bond donors (Lipinski definition) is 2. The summed E-state index contributed by atoms with van der Waals surface area (Å²) in [7, 11) is -2.09. The van der Waals surface area contributed by atoms with Crippen molar-refractivity contribution >= 4 is 30.9 Å². The van der Waals surface area contributed by atoms with Gasteiger partial charge in [-0.1, -0.05) is 25.9 Å². The highest BCUT2D eigenvalue weighted by molar-refractivity contribution is 14.1. The molecule has 10 nitrogen and oxygen atoms in total. The normalized spacial score (nSPS) is 26.0. The summed E-state index contributed by atoms with van der Waals surface area (Å²) in [5.74, 6) is 0. The molecule has 27 heavy (non-hydrogen) atoms. The second-order valence-corrected chi connectivity index (χ2v) is 13.9. The molecule has 4 atom stereocenters. The van der Waals surface area contributed by atoms with Crippen LogP contribution in [0.4, 0.5) is 0 Å². The Morgan fingerprint density at radius 2 is 2.11 bits per heavy atom. The molecule has 1 saturated heterocycles. The van der Waals surface area contributed by atoms with Crippen molar-refractivity contribution < 1.29 is 14.3 Å². The van der Waals surface area contributed by atoms with Crippen LogP contribution in [0.3, 0.4) is 0 Å². The van der Waals surface area contributed by atoms with Crippen LogP contribution >= 0.6 is 22.6 Å². The van der Waals surface area contributed by atoms with Gasteiger partial charge in [-0.05, 0) is 46.3 Å². The number of halogens is 1. The van der Waals surface area contributed by atoms with Crippen molar-refractivity contribution in [2.75, 3.05) is 6.61 Å². The third kappa shape index (κ3) is 4.63. The van der Waals surface area contributed by atoms with Crippen LogP contribution in [-0.2, 0) is 9.16 Å². The van der Waals surface area contributed by atoms with Crippen molar-refractivity contribution in [3.63, 3.8) is 0 Å². The number of nitrogens with one attached hydrogen (secondary N) is 1. The Hall–Kier alpha value is -1.18. The Kier molecular flexibility index (Phi) is 6.59. The number of azide groups is 1. The Morgan fingerprint density at radius 1 is 1.48 bits per heavy atom. The fraction of sp³-hybridized carbons (Fsp3) is 0.733. The van der Waals surface area contributed by atoms with E-state index in [1.807, 2.05) is 0 Å². The third-order valence-electron chi connectivity index (χ3n) is 5.14. The predicted molar refractivity (Wildman–Crippen MR) is 110 cm³/mol. The standard InChI is InChI=1S/C15H24IN5O5Si/c1-15(2,3)27(4,5)25-7-9-10(19-20-17)11(22)13(26-9)21-6-8(16)12(23)18-14(21)24/h6,9-11,13,22H,7H2,1-5H3,(H,18,23,24)/t9-,10-,11-,13-/m1/s1. The molecule has 12 heteroatoms. The van der Waals surface area contributed by atoms with Crippen LogP contribution in [0.1, 0.15) is 27.0 Å². The highest BCUT2D eigenvalue weighted by atomic mass is 127. The van der Waals surface area contributed by atoms with Crippen LogP contribution in [0.2, 0.25) is 18.1 Å². The molecule has 0 bridgehead atoms. The zero-order chi connectivity index (χ0) is 20.6. The topological polar surface area (TPSA) is 142 Å². The largest absolute Gasteiger partial charge is 0.414 e. The number of rotatable bonds is 5. The van der Waals surface area contributed by atoms with Gasteiger partial charge in [0.2, 0.25) is 0 Å². The maximum Gasteiger partial charge on any atom is 0.330 e. The summed E-state index contributed by atoms with van der Waals surface area (Å²) in [5.41, 5.74) is 7.62. The number of aromatic nitrogens is 2. The molecule has 1 aromatic rings. The summed E-state index contributed by atoms with van der Waals surface area (Å²) in [6, 6.07) is -0.916. The highest BCUT2D eigenvalue weighted by Gasteiger charge is 2.46. The van der Waals surface area contributed by atoms with E-state index in [2.05, 4.69) is 48.9 Å². The number of nitrogens with zero attached hydrogens (tertiary/aromatic N) is 4. The van der Waals surface area contributed by atoms with Gasteiger partial charge < -0.3 is 14.3 Å². The lowest BCUT2D eigenvalue weighted by Crippen LogP contribution is -2.44. The summed E-state index contributed by atoms with van der Waals surface area (Å²) in [6.45, 7) is 10.6. The molecule has 0 amide bonds. The van der Waals surface area contributed by atoms with E-state index in [4.69, 9.17) is 14.7 Å². The molecule has 150 valence electrons. The van der Waals surface area contributed by atoms with Gasteiger partial charge in [0.15, 0.2) is 14.5 Å². The van der Waals surface area contributed by atoms with E-state index >= 15 is 0 Å². The molecule has 0 aromatic carbocycles. The third-order valence-corrected chi connectivity index (χ3v) is 10.4. The first-order valence-electron chi connectivity index (χ1n) is 8.41. The second-order valence-electron chi connectivity index (χ2n) is 7.97. The Morgan fingerprint density at radius 3 is 2.67 bits per heavy atom. The molecule has 0 aliphatic carbocycles. The quantitative estimate of drug-likeness (QED) is 0.206. The molecule has 1 fully saturated rings. The average molecular weight is 509 g/mol. The van der Waals surface area contributed by atoms with Crippen molar-refractivity contribution in [3.05, 3.63) is 41.0 Å². The van der Waals surface area contributed by atoms with E-state index < -0.39 is 44.0 Å². The molecule has 2 heterocycles. The molecule has 0 radical (unpaired) electrons. The fourth-order valence-corrected chi connectivity index (χ4v) is 3.90. The summed E-state index contributed by atoms with van der Waals surface area (Å²) in [6.07, 6.45) is -1.76. The van der Waals surface area contributed by atoms with Gasteiger partial charge in [-0.2, -0.15) is 0 Å². The molecule has 0 spiro atoms. The van der Waals surface area contributed by atoms with Crippen molar-refractivity contribution in [2.24, 2.45) is 5.11 Å². The Balaban J connectivity index is 2.30. The fourth-order valence-electron chi connectivity index (χ4n) is 2.46. The van der Waals surface area contributed by atoms with E-state index in [1.165, 1.54) is 6.20 Å². The van der Waals surface area contributed by atoms with Crippen molar-refractivity contribution in [3.8, 4) is 0 Å². The minimum atomic E-state index is -2.09. The SMILES string of the molecule is CC(C)(C)[Si](C)(C)OC[C@H]1O[C@@H](n2cc(I)c(=O)[nH]c2=O)[C@H](O)[C@@H]1N=[N+]=[N-]. The first-order chi connectivity index (χ1) is 12.4. The van der Waals surface area contributed by atoms with Gasteiger partial charge in [-0.3, -0.25) is 14.3 Å². The summed E-state index contributed by atoms with van der Waals surface area (Å²) in [4.78, 5) is 28.7. The average Bonchev–Trinajstić information content (AvgIpc) is 2.85. The van der Waals surface area contributed by atoms with E-state index in [1.54, 1.807) is 22.6 Å². The summed E-state index contributed by atoms with van der Waals surface area (Å²) >= 11 is 1.78. The molecular weight excluding hydrogens is 485 g/mol. The molecule has 1 aliphatic heterocycles. The van der Waals surface area contributed by atoms with Crippen LogP contribution < -0.4 is 11.2 Å². The van der Waals surface area contributed by atoms with Gasteiger partial charge in [0.25, 0.3) is 5.56 Å². The lowest BCUT2D eigenvalue weighted by atomic mass is 10.1. The van der Waals surface area contributed by atoms with Crippen LogP contribution in [0.5, 0.6) is 0 Å². The monoisotopic (exact) mass is 509 g/mol. The lowest BCUT2D eigenvalue weighted by molar-refractivity contribution is -0.0517. The van der Waals surface area contributed by atoms with Crippen LogP contribution in [-0.4, -0.2) is 47.8 Å². The van der Waals surface area contributed by atoms with Crippen LogP contribution in [0, 0.1) is 3.57 Å². The lowest BCUT2D eigenvalue weighted by Gasteiger charge is -2.37. The number of aliphatic hydroxyl groups is 1. The van der Waals surface area contributed by atoms with Crippen molar-refractivity contribution in [2.45, 2.75) is 63.4 Å². The molecule has 0 saturated carbocycles. The number of H-pyrrole nitrogens is 1. The first-order valence-corrected chi connectivity index (χ1v) is 12.4. The molecule has 1 aromatic heterocycles. The van der Waals surface area contributed by atoms with Gasteiger partial charge in [-0.15, -0.1) is 0 Å². The molecule has 2 rings (SSSR count). The van der Waals surface area contributed by atoms with Crippen LogP contribution in [0.15, 0.2) is 20.9 Å². The van der Waals surface area contributed by atoms with E-state index in [0.717, 1.165) is 4.57 Å². The maximum absolute atomic E-state index is 12.1. The number of ether oxygens (including phenoxy) is 1. The molecule has 1 aliphatic rings. The molecule has 0 unspecified atom stereocenters. The van der Waals surface area contributed by atoms with Crippen LogP contribution in [0.25, 0.3) is 10.4 Å². The van der Waals surface area contributed by atoms with Crippen molar-refractivity contribution in [1.29, 1.82) is 0 Å². The van der Waals surface area contributed by atoms with E-state index in [9.17, 15) is 14.7 Å².